The third kappa shape index (κ3) is 3.55. The minimum atomic E-state index is -0.187. The van der Waals surface area contributed by atoms with Crippen LogP contribution >= 0.6 is 0 Å². The first kappa shape index (κ1) is 18.3. The Balaban J connectivity index is 1.82. The monoisotopic (exact) mass is 358 g/mol. The van der Waals surface area contributed by atoms with Gasteiger partial charge in [-0.05, 0) is 33.4 Å². The molecule has 3 heterocycles. The maximum atomic E-state index is 12.9. The summed E-state index contributed by atoms with van der Waals surface area (Å²) in [6, 6.07) is 5.18. The quantitative estimate of drug-likeness (QED) is 0.810. The minimum Gasteiger partial charge on any atom is -0.330 e. The van der Waals surface area contributed by atoms with E-state index in [1.165, 1.54) is 10.6 Å². The lowest BCUT2D eigenvalue weighted by Gasteiger charge is -2.20. The zero-order chi connectivity index (χ0) is 18.8. The van der Waals surface area contributed by atoms with Crippen LogP contribution in [0.1, 0.15) is 42.4 Å². The van der Waals surface area contributed by atoms with E-state index in [0.29, 0.717) is 24.8 Å². The Labute approximate surface area is 153 Å². The van der Waals surface area contributed by atoms with Gasteiger partial charge in [0.15, 0.2) is 5.82 Å². The highest BCUT2D eigenvalue weighted by Gasteiger charge is 2.25. The highest BCUT2D eigenvalue weighted by atomic mass is 16.2. The molecular weight excluding hydrogens is 332 g/mol. The fourth-order valence-corrected chi connectivity index (χ4v) is 3.05. The molecule has 0 bridgehead atoms. The van der Waals surface area contributed by atoms with Crippen LogP contribution in [0.4, 0.5) is 0 Å². The van der Waals surface area contributed by atoms with Crippen molar-refractivity contribution in [3.05, 3.63) is 45.9 Å². The van der Waals surface area contributed by atoms with Crippen molar-refractivity contribution in [3.63, 3.8) is 0 Å². The number of carbonyl (C=O) groups is 1. The van der Waals surface area contributed by atoms with Gasteiger partial charge in [-0.3, -0.25) is 14.5 Å². The van der Waals surface area contributed by atoms with Gasteiger partial charge in [0.05, 0.1) is 13.1 Å². The van der Waals surface area contributed by atoms with Gasteiger partial charge in [-0.15, -0.1) is 10.2 Å². The van der Waals surface area contributed by atoms with Crippen LogP contribution in [0.25, 0.3) is 0 Å². The van der Waals surface area contributed by atoms with Crippen LogP contribution in [-0.4, -0.2) is 54.7 Å². The number of amides is 1. The second-order valence-electron chi connectivity index (χ2n) is 7.08. The molecule has 1 aliphatic heterocycles. The van der Waals surface area contributed by atoms with Crippen molar-refractivity contribution in [1.29, 1.82) is 0 Å². The maximum Gasteiger partial charge on any atom is 0.270 e. The number of fused-ring (bicyclic) bond motifs is 1. The van der Waals surface area contributed by atoms with E-state index in [2.05, 4.69) is 40.6 Å². The molecule has 8 heteroatoms. The van der Waals surface area contributed by atoms with Crippen molar-refractivity contribution in [3.8, 4) is 0 Å². The van der Waals surface area contributed by atoms with E-state index in [-0.39, 0.29) is 11.5 Å². The van der Waals surface area contributed by atoms with E-state index in [0.717, 1.165) is 31.2 Å². The smallest absolute Gasteiger partial charge is 0.270 e. The first-order valence-corrected chi connectivity index (χ1v) is 8.95. The van der Waals surface area contributed by atoms with Gasteiger partial charge >= 0.3 is 0 Å². The summed E-state index contributed by atoms with van der Waals surface area (Å²) in [5, 5.41) is 8.66. The summed E-state index contributed by atoms with van der Waals surface area (Å²) < 4.78 is 3.51. The van der Waals surface area contributed by atoms with Crippen LogP contribution in [-0.2, 0) is 26.7 Å². The van der Waals surface area contributed by atoms with Crippen molar-refractivity contribution in [2.75, 3.05) is 13.6 Å². The second-order valence-corrected chi connectivity index (χ2v) is 7.08. The van der Waals surface area contributed by atoms with E-state index in [4.69, 9.17) is 0 Å². The molecule has 0 spiro atoms. The van der Waals surface area contributed by atoms with Crippen LogP contribution in [0, 0.1) is 0 Å². The molecule has 0 aromatic carbocycles. The molecule has 0 atom stereocenters. The van der Waals surface area contributed by atoms with Crippen LogP contribution < -0.4 is 5.56 Å². The lowest BCUT2D eigenvalue weighted by Crippen LogP contribution is -2.35. The Morgan fingerprint density at radius 3 is 2.77 bits per heavy atom. The maximum absolute atomic E-state index is 12.9. The molecular formula is C18H26N6O2. The fourth-order valence-electron chi connectivity index (χ4n) is 3.05. The Kier molecular flexibility index (Phi) is 5.22. The predicted octanol–water partition coefficient (Wildman–Crippen LogP) is 0.863. The van der Waals surface area contributed by atoms with Gasteiger partial charge < -0.3 is 14.0 Å². The summed E-state index contributed by atoms with van der Waals surface area (Å²) in [5.41, 5.74) is 0.207. The van der Waals surface area contributed by atoms with E-state index in [9.17, 15) is 9.59 Å². The van der Waals surface area contributed by atoms with Gasteiger partial charge in [-0.1, -0.05) is 6.07 Å². The molecule has 0 saturated carbocycles. The molecule has 26 heavy (non-hydrogen) atoms. The van der Waals surface area contributed by atoms with Gasteiger partial charge in [0, 0.05) is 32.2 Å². The number of rotatable bonds is 4. The molecule has 0 unspecified atom stereocenters. The first-order valence-electron chi connectivity index (χ1n) is 8.95. The van der Waals surface area contributed by atoms with Crippen LogP contribution in [0.15, 0.2) is 23.0 Å². The molecule has 0 saturated heterocycles. The molecule has 8 nitrogen and oxygen atoms in total. The predicted molar refractivity (Wildman–Crippen MR) is 97.7 cm³/mol. The first-order chi connectivity index (χ1) is 12.4. The van der Waals surface area contributed by atoms with Gasteiger partial charge in [0.1, 0.15) is 11.5 Å². The summed E-state index contributed by atoms with van der Waals surface area (Å²) in [6.45, 7) is 6.84. The van der Waals surface area contributed by atoms with Crippen molar-refractivity contribution in [2.45, 2.75) is 45.9 Å². The number of hydrogen-bond donors (Lipinski definition) is 0. The Morgan fingerprint density at radius 1 is 1.27 bits per heavy atom. The fraction of sp³-hybridized carbons (Fsp3) is 0.556. The number of aromatic nitrogens is 4. The number of carbonyl (C=O) groups excluding carboxylic acids is 1. The average Bonchev–Trinajstić information content (AvgIpc) is 2.85. The van der Waals surface area contributed by atoms with Crippen molar-refractivity contribution in [1.82, 2.24) is 29.1 Å². The molecule has 0 aliphatic carbocycles. The molecule has 140 valence electrons. The van der Waals surface area contributed by atoms with Gasteiger partial charge in [-0.2, -0.15) is 0 Å². The lowest BCUT2D eigenvalue weighted by molar-refractivity contribution is 0.0732. The molecule has 0 radical (unpaired) electrons. The largest absolute Gasteiger partial charge is 0.330 e. The van der Waals surface area contributed by atoms with Gasteiger partial charge in [-0.25, -0.2) is 0 Å². The van der Waals surface area contributed by atoms with Crippen LogP contribution in [0.3, 0.4) is 0 Å². The van der Waals surface area contributed by atoms with Gasteiger partial charge in [0.25, 0.3) is 11.5 Å². The zero-order valence-corrected chi connectivity index (χ0v) is 15.8. The molecule has 2 aromatic rings. The number of hydrogen-bond acceptors (Lipinski definition) is 5. The minimum absolute atomic E-state index is 0.150. The van der Waals surface area contributed by atoms with E-state index < -0.39 is 0 Å². The molecule has 1 amide bonds. The summed E-state index contributed by atoms with van der Waals surface area (Å²) in [4.78, 5) is 28.7. The van der Waals surface area contributed by atoms with Crippen LogP contribution in [0.2, 0.25) is 0 Å². The highest BCUT2D eigenvalue weighted by molar-refractivity contribution is 5.92. The highest BCUT2D eigenvalue weighted by Crippen LogP contribution is 2.16. The summed E-state index contributed by atoms with van der Waals surface area (Å²) in [5.74, 6) is 1.57. The van der Waals surface area contributed by atoms with E-state index in [1.54, 1.807) is 24.1 Å². The number of pyridine rings is 1. The Bertz CT molecular complexity index is 854. The van der Waals surface area contributed by atoms with Crippen molar-refractivity contribution >= 4 is 5.91 Å². The van der Waals surface area contributed by atoms with E-state index >= 15 is 0 Å². The lowest BCUT2D eigenvalue weighted by atomic mass is 10.3. The standard InChI is InChI=1S/C18H26N6O2/c1-13(2)21(3)11-15-19-20-16-12-23(9-6-10-24(15)16)18(26)14-7-5-8-17(25)22(14)4/h5,7-8,13H,6,9-12H2,1-4H3. The molecule has 0 fully saturated rings. The third-order valence-corrected chi connectivity index (χ3v) is 5.01. The average molecular weight is 358 g/mol. The summed E-state index contributed by atoms with van der Waals surface area (Å²) >= 11 is 0. The second kappa shape index (κ2) is 7.41. The molecule has 0 N–H and O–H groups in total. The van der Waals surface area contributed by atoms with Crippen molar-refractivity contribution in [2.24, 2.45) is 7.05 Å². The van der Waals surface area contributed by atoms with Gasteiger partial charge in [0.2, 0.25) is 0 Å². The Morgan fingerprint density at radius 2 is 2.04 bits per heavy atom. The summed E-state index contributed by atoms with van der Waals surface area (Å²) in [6.07, 6.45) is 0.829. The normalized spacial score (nSPS) is 14.6. The van der Waals surface area contributed by atoms with Crippen molar-refractivity contribution < 1.29 is 4.79 Å². The topological polar surface area (TPSA) is 76.3 Å². The molecule has 2 aromatic heterocycles. The summed E-state index contributed by atoms with van der Waals surface area (Å²) in [7, 11) is 3.69. The van der Waals surface area contributed by atoms with E-state index in [1.807, 2.05) is 0 Å². The van der Waals surface area contributed by atoms with Crippen LogP contribution in [0.5, 0.6) is 0 Å². The number of nitrogens with zero attached hydrogens (tertiary/aromatic N) is 6. The molecule has 1 aliphatic rings. The zero-order valence-electron chi connectivity index (χ0n) is 15.8. The SMILES string of the molecule is CC(C)N(C)Cc1nnc2n1CCCN(C(=O)c1cccc(=O)n1C)C2. The third-order valence-electron chi connectivity index (χ3n) is 5.01. The Hall–Kier alpha value is -2.48. The molecule has 3 rings (SSSR count).